The molecule has 1 aliphatic heterocycles. The minimum Gasteiger partial charge on any atom is -0.394 e. The maximum absolute atomic E-state index is 12.2. The molecule has 0 aromatic heterocycles. The Bertz CT molecular complexity index is 318. The molecule has 0 radical (unpaired) electrons. The zero-order valence-corrected chi connectivity index (χ0v) is 11.7. The van der Waals surface area contributed by atoms with Gasteiger partial charge in [0.05, 0.1) is 24.8 Å². The first-order chi connectivity index (χ1) is 9.08. The molecule has 1 heterocycles. The SMILES string of the molecule is CC(CO)(CO)NC(=O)C1CCC2CCCCC2N1. The highest BCUT2D eigenvalue weighted by Gasteiger charge is 2.36. The van der Waals surface area contributed by atoms with Crippen LogP contribution in [0.25, 0.3) is 0 Å². The summed E-state index contributed by atoms with van der Waals surface area (Å²) in [6.45, 7) is 1.14. The van der Waals surface area contributed by atoms with E-state index in [1.54, 1.807) is 6.92 Å². The van der Waals surface area contributed by atoms with Gasteiger partial charge in [0.15, 0.2) is 0 Å². The average molecular weight is 270 g/mol. The summed E-state index contributed by atoms with van der Waals surface area (Å²) >= 11 is 0. The summed E-state index contributed by atoms with van der Waals surface area (Å²) < 4.78 is 0. The molecule has 5 nitrogen and oxygen atoms in total. The maximum atomic E-state index is 12.2. The van der Waals surface area contributed by atoms with Crippen molar-refractivity contribution in [2.24, 2.45) is 5.92 Å². The van der Waals surface area contributed by atoms with Gasteiger partial charge < -0.3 is 20.8 Å². The van der Waals surface area contributed by atoms with Crippen molar-refractivity contribution >= 4 is 5.91 Å². The smallest absolute Gasteiger partial charge is 0.237 e. The van der Waals surface area contributed by atoms with E-state index >= 15 is 0 Å². The molecule has 1 amide bonds. The molecule has 4 N–H and O–H groups in total. The largest absolute Gasteiger partial charge is 0.394 e. The predicted molar refractivity (Wildman–Crippen MR) is 72.6 cm³/mol. The number of rotatable bonds is 4. The monoisotopic (exact) mass is 270 g/mol. The molecule has 0 aromatic rings. The van der Waals surface area contributed by atoms with E-state index in [1.165, 1.54) is 19.3 Å². The average Bonchev–Trinajstić information content (AvgIpc) is 2.46. The van der Waals surface area contributed by atoms with Gasteiger partial charge in [-0.15, -0.1) is 0 Å². The van der Waals surface area contributed by atoms with E-state index in [0.717, 1.165) is 25.2 Å². The fraction of sp³-hybridized carbons (Fsp3) is 0.929. The quantitative estimate of drug-likeness (QED) is 0.586. The first kappa shape index (κ1) is 14.8. The number of fused-ring (bicyclic) bond motifs is 1. The summed E-state index contributed by atoms with van der Waals surface area (Å²) in [5.41, 5.74) is -0.928. The highest BCUT2D eigenvalue weighted by molar-refractivity contribution is 5.82. The Morgan fingerprint density at radius 1 is 1.21 bits per heavy atom. The number of aliphatic hydroxyl groups is 2. The van der Waals surface area contributed by atoms with Gasteiger partial charge in [-0.25, -0.2) is 0 Å². The molecule has 0 spiro atoms. The molecule has 0 aromatic carbocycles. The van der Waals surface area contributed by atoms with E-state index in [2.05, 4.69) is 10.6 Å². The zero-order chi connectivity index (χ0) is 13.9. The summed E-state index contributed by atoms with van der Waals surface area (Å²) in [4.78, 5) is 12.2. The molecule has 110 valence electrons. The molecule has 3 atom stereocenters. The molecule has 1 aliphatic carbocycles. The van der Waals surface area contributed by atoms with Crippen LogP contribution < -0.4 is 10.6 Å². The Kier molecular flexibility index (Phi) is 4.81. The van der Waals surface area contributed by atoms with Crippen LogP contribution in [0.2, 0.25) is 0 Å². The lowest BCUT2D eigenvalue weighted by Crippen LogP contribution is -2.60. The molecule has 5 heteroatoms. The normalized spacial score (nSPS) is 31.6. The van der Waals surface area contributed by atoms with Gasteiger partial charge in [0.2, 0.25) is 5.91 Å². The number of nitrogens with one attached hydrogen (secondary N) is 2. The maximum Gasteiger partial charge on any atom is 0.237 e. The highest BCUT2D eigenvalue weighted by atomic mass is 16.3. The molecule has 3 unspecified atom stereocenters. The standard InChI is InChI=1S/C14H26N2O3/c1-14(8-17,9-18)16-13(19)12-7-6-10-4-2-3-5-11(10)15-12/h10-12,15,17-18H,2-9H2,1H3,(H,16,19). The minimum absolute atomic E-state index is 0.102. The summed E-state index contributed by atoms with van der Waals surface area (Å²) in [5.74, 6) is 0.620. The predicted octanol–water partition coefficient (Wildman–Crippen LogP) is 0.157. The molecule has 19 heavy (non-hydrogen) atoms. The number of aliphatic hydroxyl groups excluding tert-OH is 2. The molecule has 1 saturated carbocycles. The van der Waals surface area contributed by atoms with E-state index in [4.69, 9.17) is 0 Å². The topological polar surface area (TPSA) is 81.6 Å². The van der Waals surface area contributed by atoms with Crippen LogP contribution in [0.15, 0.2) is 0 Å². The van der Waals surface area contributed by atoms with Gasteiger partial charge in [-0.1, -0.05) is 12.8 Å². The van der Waals surface area contributed by atoms with E-state index in [9.17, 15) is 15.0 Å². The molecule has 2 aliphatic rings. The summed E-state index contributed by atoms with van der Waals surface area (Å²) in [7, 11) is 0. The first-order valence-corrected chi connectivity index (χ1v) is 7.38. The van der Waals surface area contributed by atoms with Gasteiger partial charge in [-0.05, 0) is 38.5 Å². The zero-order valence-electron chi connectivity index (χ0n) is 11.7. The van der Waals surface area contributed by atoms with E-state index in [-0.39, 0.29) is 25.2 Å². The number of amides is 1. The van der Waals surface area contributed by atoms with E-state index in [0.29, 0.717) is 6.04 Å². The number of carbonyl (C=O) groups excluding carboxylic acids is 1. The molecular formula is C14H26N2O3. The van der Waals surface area contributed by atoms with Crippen LogP contribution in [0.1, 0.15) is 45.4 Å². The van der Waals surface area contributed by atoms with Crippen molar-refractivity contribution in [3.05, 3.63) is 0 Å². The van der Waals surface area contributed by atoms with E-state index in [1.807, 2.05) is 0 Å². The molecule has 1 saturated heterocycles. The molecule has 2 fully saturated rings. The highest BCUT2D eigenvalue weighted by Crippen LogP contribution is 2.32. The summed E-state index contributed by atoms with van der Waals surface area (Å²) in [6, 6.07) is 0.282. The molecule has 0 bridgehead atoms. The second kappa shape index (κ2) is 6.20. The third-order valence-electron chi connectivity index (χ3n) is 4.59. The third-order valence-corrected chi connectivity index (χ3v) is 4.59. The molecular weight excluding hydrogens is 244 g/mol. The van der Waals surface area contributed by atoms with Gasteiger partial charge in [-0.2, -0.15) is 0 Å². The van der Waals surface area contributed by atoms with Crippen molar-refractivity contribution in [3.8, 4) is 0 Å². The Hall–Kier alpha value is -0.650. The fourth-order valence-corrected chi connectivity index (χ4v) is 3.22. The Morgan fingerprint density at radius 3 is 2.58 bits per heavy atom. The number of hydrogen-bond acceptors (Lipinski definition) is 4. The van der Waals surface area contributed by atoms with Gasteiger partial charge in [-0.3, -0.25) is 4.79 Å². The Balaban J connectivity index is 1.90. The first-order valence-electron chi connectivity index (χ1n) is 7.38. The minimum atomic E-state index is -0.928. The van der Waals surface area contributed by atoms with Gasteiger partial charge in [0, 0.05) is 6.04 Å². The van der Waals surface area contributed by atoms with Crippen molar-refractivity contribution in [3.63, 3.8) is 0 Å². The second-order valence-electron chi connectivity index (χ2n) is 6.31. The van der Waals surface area contributed by atoms with Crippen LogP contribution in [0.4, 0.5) is 0 Å². The number of hydrogen-bond donors (Lipinski definition) is 4. The number of carbonyl (C=O) groups is 1. The Labute approximate surface area is 114 Å². The number of piperidine rings is 1. The van der Waals surface area contributed by atoms with Crippen LogP contribution in [0, 0.1) is 5.92 Å². The van der Waals surface area contributed by atoms with Gasteiger partial charge in [0.25, 0.3) is 0 Å². The lowest BCUT2D eigenvalue weighted by Gasteiger charge is -2.40. The van der Waals surface area contributed by atoms with Crippen LogP contribution in [0.5, 0.6) is 0 Å². The van der Waals surface area contributed by atoms with Crippen molar-refractivity contribution in [2.75, 3.05) is 13.2 Å². The van der Waals surface area contributed by atoms with Gasteiger partial charge >= 0.3 is 0 Å². The fourth-order valence-electron chi connectivity index (χ4n) is 3.22. The summed E-state index contributed by atoms with van der Waals surface area (Å²) in [6.07, 6.45) is 6.94. The van der Waals surface area contributed by atoms with Crippen LogP contribution in [-0.2, 0) is 4.79 Å². The van der Waals surface area contributed by atoms with Crippen molar-refractivity contribution in [1.82, 2.24) is 10.6 Å². The van der Waals surface area contributed by atoms with E-state index < -0.39 is 5.54 Å². The second-order valence-corrected chi connectivity index (χ2v) is 6.31. The van der Waals surface area contributed by atoms with Crippen molar-refractivity contribution < 1.29 is 15.0 Å². The van der Waals surface area contributed by atoms with Crippen LogP contribution in [0.3, 0.4) is 0 Å². The van der Waals surface area contributed by atoms with Crippen molar-refractivity contribution in [1.29, 1.82) is 0 Å². The summed E-state index contributed by atoms with van der Waals surface area (Å²) in [5, 5.41) is 24.7. The van der Waals surface area contributed by atoms with Gasteiger partial charge in [0.1, 0.15) is 0 Å². The van der Waals surface area contributed by atoms with Crippen molar-refractivity contribution in [2.45, 2.75) is 63.1 Å². The third kappa shape index (κ3) is 3.46. The lowest BCUT2D eigenvalue weighted by molar-refractivity contribution is -0.127. The van der Waals surface area contributed by atoms with Crippen LogP contribution in [-0.4, -0.2) is 47.0 Å². The Morgan fingerprint density at radius 2 is 1.89 bits per heavy atom. The molecule has 2 rings (SSSR count). The lowest BCUT2D eigenvalue weighted by atomic mass is 9.77. The van der Waals surface area contributed by atoms with Crippen LogP contribution >= 0.6 is 0 Å².